The summed E-state index contributed by atoms with van der Waals surface area (Å²) in [4.78, 5) is 30.9. The predicted molar refractivity (Wildman–Crippen MR) is 90.7 cm³/mol. The van der Waals surface area contributed by atoms with E-state index in [0.717, 1.165) is 17.5 Å². The monoisotopic (exact) mass is 335 g/mol. The third-order valence-electron chi connectivity index (χ3n) is 6.50. The van der Waals surface area contributed by atoms with Gasteiger partial charge in [-0.05, 0) is 43.4 Å². The SMILES string of the molecule is C/C([O-])=C1/C(=O)[C@@H]2[C@H]3c4c[nH]c5cccc(c45)C[C@H]3C(C)(C)N2C1=O. The van der Waals surface area contributed by atoms with Gasteiger partial charge in [-0.2, -0.15) is 0 Å². The summed E-state index contributed by atoms with van der Waals surface area (Å²) in [6.45, 7) is 5.36. The molecular weight excluding hydrogens is 316 g/mol. The molecule has 1 aliphatic carbocycles. The van der Waals surface area contributed by atoms with Crippen molar-refractivity contribution in [1.29, 1.82) is 0 Å². The van der Waals surface area contributed by atoms with Crippen LogP contribution in [0.4, 0.5) is 0 Å². The Labute approximate surface area is 145 Å². The number of benzene rings is 1. The van der Waals surface area contributed by atoms with Gasteiger partial charge in [-0.15, -0.1) is 5.76 Å². The number of amides is 1. The lowest BCUT2D eigenvalue weighted by molar-refractivity contribution is -0.302. The molecule has 2 aliphatic heterocycles. The Morgan fingerprint density at radius 2 is 2.08 bits per heavy atom. The van der Waals surface area contributed by atoms with Crippen molar-refractivity contribution in [3.63, 3.8) is 0 Å². The van der Waals surface area contributed by atoms with Crippen LogP contribution in [0.1, 0.15) is 37.8 Å². The minimum absolute atomic E-state index is 0.0630. The first-order valence-corrected chi connectivity index (χ1v) is 8.68. The molecule has 3 atom stereocenters. The topological polar surface area (TPSA) is 76.2 Å². The number of allylic oxidation sites excluding steroid dienone is 1. The summed E-state index contributed by atoms with van der Waals surface area (Å²) in [5, 5.41) is 13.1. The number of H-pyrrole nitrogens is 1. The van der Waals surface area contributed by atoms with E-state index in [1.165, 1.54) is 17.9 Å². The van der Waals surface area contributed by atoms with Crippen molar-refractivity contribution < 1.29 is 14.7 Å². The number of aromatic nitrogens is 1. The van der Waals surface area contributed by atoms with Gasteiger partial charge in [0.15, 0.2) is 5.78 Å². The molecule has 128 valence electrons. The molecule has 2 fully saturated rings. The lowest BCUT2D eigenvalue weighted by Crippen LogP contribution is -2.46. The van der Waals surface area contributed by atoms with Crippen molar-refractivity contribution in [2.45, 2.75) is 44.7 Å². The fraction of sp³-hybridized carbons (Fsp3) is 0.400. The molecule has 0 unspecified atom stereocenters. The van der Waals surface area contributed by atoms with Gasteiger partial charge in [0.25, 0.3) is 5.91 Å². The van der Waals surface area contributed by atoms with Crippen molar-refractivity contribution >= 4 is 22.6 Å². The maximum atomic E-state index is 13.0. The second kappa shape index (κ2) is 4.34. The van der Waals surface area contributed by atoms with Crippen molar-refractivity contribution in [3.8, 4) is 0 Å². The average molecular weight is 335 g/mol. The fourth-order valence-corrected chi connectivity index (χ4v) is 5.45. The highest BCUT2D eigenvalue weighted by atomic mass is 16.3. The van der Waals surface area contributed by atoms with Crippen molar-refractivity contribution in [2.75, 3.05) is 0 Å². The lowest BCUT2D eigenvalue weighted by Gasteiger charge is -2.37. The van der Waals surface area contributed by atoms with Crippen LogP contribution in [-0.2, 0) is 16.0 Å². The Kier molecular flexibility index (Phi) is 2.56. The first-order valence-electron chi connectivity index (χ1n) is 8.68. The van der Waals surface area contributed by atoms with E-state index in [2.05, 4.69) is 11.1 Å². The number of nitrogens with zero attached hydrogens (tertiary/aromatic N) is 1. The van der Waals surface area contributed by atoms with E-state index in [-0.39, 0.29) is 23.2 Å². The second-order valence-corrected chi connectivity index (χ2v) is 7.99. The number of aromatic amines is 1. The van der Waals surface area contributed by atoms with Gasteiger partial charge in [0.1, 0.15) is 6.04 Å². The number of ketones is 1. The van der Waals surface area contributed by atoms with Crippen molar-refractivity contribution in [1.82, 2.24) is 9.88 Å². The Hall–Kier alpha value is -2.56. The highest BCUT2D eigenvalue weighted by Gasteiger charge is 2.64. The fourth-order valence-electron chi connectivity index (χ4n) is 5.45. The summed E-state index contributed by atoms with van der Waals surface area (Å²) in [5.41, 5.74) is 2.81. The molecule has 1 amide bonds. The molecule has 3 aliphatic rings. The number of rotatable bonds is 0. The van der Waals surface area contributed by atoms with Crippen LogP contribution in [0.15, 0.2) is 35.7 Å². The number of carbonyl (C=O) groups excluding carboxylic acids is 2. The molecule has 5 heteroatoms. The Morgan fingerprint density at radius 3 is 2.80 bits per heavy atom. The van der Waals surface area contributed by atoms with E-state index >= 15 is 0 Å². The molecule has 3 heterocycles. The van der Waals surface area contributed by atoms with Crippen molar-refractivity contribution in [2.24, 2.45) is 5.92 Å². The minimum Gasteiger partial charge on any atom is -0.875 e. The molecule has 0 radical (unpaired) electrons. The maximum absolute atomic E-state index is 13.0. The largest absolute Gasteiger partial charge is 0.875 e. The standard InChI is InChI=1S/C20H20N2O3/c1-9(23)14-18(24)17-16-11-8-21-13-6-4-5-10(15(11)13)7-12(16)20(2,3)22(17)19(14)25/h4-6,8,12,16-17,21,23H,7H2,1-3H3/p-1/b14-9+/t12-,16+,17+/m1/s1. The molecule has 0 bridgehead atoms. The number of Topliss-reactive ketones (excluding diaryl/α,β-unsaturated/α-hetero) is 1. The zero-order valence-corrected chi connectivity index (χ0v) is 14.4. The molecule has 0 spiro atoms. The van der Waals surface area contributed by atoms with Gasteiger partial charge in [-0.3, -0.25) is 9.59 Å². The van der Waals surface area contributed by atoms with E-state index in [1.807, 2.05) is 32.2 Å². The predicted octanol–water partition coefficient (Wildman–Crippen LogP) is 1.63. The summed E-state index contributed by atoms with van der Waals surface area (Å²) in [6, 6.07) is 5.65. The van der Waals surface area contributed by atoms with Gasteiger partial charge in [0, 0.05) is 28.6 Å². The highest BCUT2D eigenvalue weighted by Crippen LogP contribution is 2.57. The van der Waals surface area contributed by atoms with E-state index < -0.39 is 23.2 Å². The van der Waals surface area contributed by atoms with E-state index in [1.54, 1.807) is 4.90 Å². The van der Waals surface area contributed by atoms with Gasteiger partial charge in [0.05, 0.1) is 5.57 Å². The maximum Gasteiger partial charge on any atom is 0.257 e. The lowest BCUT2D eigenvalue weighted by atomic mass is 9.69. The third-order valence-corrected chi connectivity index (χ3v) is 6.50. The summed E-state index contributed by atoms with van der Waals surface area (Å²) in [7, 11) is 0. The quantitative estimate of drug-likeness (QED) is 0.452. The first-order chi connectivity index (χ1) is 11.8. The molecule has 2 aromatic rings. The summed E-state index contributed by atoms with van der Waals surface area (Å²) in [6.07, 6.45) is 2.82. The molecule has 5 nitrogen and oxygen atoms in total. The van der Waals surface area contributed by atoms with E-state index in [0.29, 0.717) is 0 Å². The van der Waals surface area contributed by atoms with Gasteiger partial charge in [-0.1, -0.05) is 19.1 Å². The van der Waals surface area contributed by atoms with Crippen molar-refractivity contribution in [3.05, 3.63) is 46.9 Å². The Morgan fingerprint density at radius 1 is 1.32 bits per heavy atom. The average Bonchev–Trinajstić information content (AvgIpc) is 3.14. The third kappa shape index (κ3) is 1.54. The molecule has 2 saturated heterocycles. The van der Waals surface area contributed by atoms with Crippen LogP contribution in [0.2, 0.25) is 0 Å². The van der Waals surface area contributed by atoms with E-state index in [9.17, 15) is 14.7 Å². The molecule has 1 N–H and O–H groups in total. The number of hydrogen-bond donors (Lipinski definition) is 1. The van der Waals surface area contributed by atoms with E-state index in [4.69, 9.17) is 0 Å². The smallest absolute Gasteiger partial charge is 0.257 e. The number of hydrogen-bond acceptors (Lipinski definition) is 3. The molecule has 0 saturated carbocycles. The Bertz CT molecular complexity index is 994. The summed E-state index contributed by atoms with van der Waals surface area (Å²) >= 11 is 0. The zero-order valence-electron chi connectivity index (χ0n) is 14.4. The van der Waals surface area contributed by atoms with Crippen LogP contribution >= 0.6 is 0 Å². The van der Waals surface area contributed by atoms with Crippen LogP contribution in [0.3, 0.4) is 0 Å². The molecular formula is C20H19N2O3-. The van der Waals surface area contributed by atoms with Crippen LogP contribution in [0, 0.1) is 5.92 Å². The van der Waals surface area contributed by atoms with Gasteiger partial charge in [-0.25, -0.2) is 0 Å². The van der Waals surface area contributed by atoms with Crippen LogP contribution in [0.25, 0.3) is 10.9 Å². The molecule has 1 aromatic heterocycles. The summed E-state index contributed by atoms with van der Waals surface area (Å²) < 4.78 is 0. The Balaban J connectivity index is 1.78. The molecule has 5 rings (SSSR count). The normalized spacial score (nSPS) is 31.5. The first kappa shape index (κ1) is 14.8. The van der Waals surface area contributed by atoms with Gasteiger partial charge >= 0.3 is 0 Å². The molecule has 25 heavy (non-hydrogen) atoms. The highest BCUT2D eigenvalue weighted by molar-refractivity contribution is 6.27. The van der Waals surface area contributed by atoms with Crippen LogP contribution in [-0.4, -0.2) is 33.2 Å². The number of carbonyl (C=O) groups is 2. The summed E-state index contributed by atoms with van der Waals surface area (Å²) in [5.74, 6) is -1.02. The van der Waals surface area contributed by atoms with Gasteiger partial charge in [0.2, 0.25) is 0 Å². The molecule has 1 aromatic carbocycles. The van der Waals surface area contributed by atoms with Gasteiger partial charge < -0.3 is 15.0 Å². The minimum atomic E-state index is -0.557. The number of fused-ring (bicyclic) bond motifs is 4. The van der Waals surface area contributed by atoms with Crippen LogP contribution < -0.4 is 5.11 Å². The van der Waals surface area contributed by atoms with Crippen LogP contribution in [0.5, 0.6) is 0 Å². The zero-order chi connectivity index (χ0) is 17.7. The number of nitrogens with one attached hydrogen (secondary N) is 1. The second-order valence-electron chi connectivity index (χ2n) is 7.99.